The molecule has 0 aliphatic carbocycles. The molecule has 2 nitrogen and oxygen atoms in total. The van der Waals surface area contributed by atoms with Gasteiger partial charge in [0.15, 0.2) is 5.75 Å². The normalized spacial score (nSPS) is 11.8. The number of benzene rings is 1. The zero-order valence-electron chi connectivity index (χ0n) is 25.7. The minimum atomic E-state index is -3.41. The van der Waals surface area contributed by atoms with Crippen molar-refractivity contribution in [2.75, 3.05) is 0 Å². The SMILES string of the molecule is CCCCCCCCCCCCCCc1cccc(CCCCCCCCCCCCCC)c1O[P+]([O-])([S-])[S-]. The van der Waals surface area contributed by atoms with Crippen LogP contribution >= 0.6 is 6.12 Å². The fourth-order valence-corrected chi connectivity index (χ4v) is 6.48. The van der Waals surface area contributed by atoms with Crippen molar-refractivity contribution in [1.29, 1.82) is 0 Å². The Balaban J connectivity index is 2.28. The first kappa shape index (κ1) is 37.1. The van der Waals surface area contributed by atoms with E-state index in [0.717, 1.165) is 42.6 Å². The first-order valence-electron chi connectivity index (χ1n) is 16.8. The summed E-state index contributed by atoms with van der Waals surface area (Å²) in [7, 11) is 0. The van der Waals surface area contributed by atoms with Gasteiger partial charge in [0.25, 0.3) is 0 Å². The van der Waals surface area contributed by atoms with Crippen molar-refractivity contribution in [2.24, 2.45) is 0 Å². The Kier molecular flexibility index (Phi) is 24.6. The first-order chi connectivity index (χ1) is 19.0. The maximum absolute atomic E-state index is 12.2. The summed E-state index contributed by atoms with van der Waals surface area (Å²) in [6, 6.07) is 6.34. The van der Waals surface area contributed by atoms with Crippen molar-refractivity contribution in [3.8, 4) is 5.75 Å². The van der Waals surface area contributed by atoms with Crippen LogP contribution in [0.1, 0.15) is 179 Å². The highest BCUT2D eigenvalue weighted by Crippen LogP contribution is 2.48. The van der Waals surface area contributed by atoms with Crippen LogP contribution in [0.15, 0.2) is 18.2 Å². The second kappa shape index (κ2) is 25.8. The van der Waals surface area contributed by atoms with E-state index in [9.17, 15) is 4.89 Å². The summed E-state index contributed by atoms with van der Waals surface area (Å²) >= 11 is 10.0. The van der Waals surface area contributed by atoms with Gasteiger partial charge in [-0.05, 0) is 36.8 Å². The van der Waals surface area contributed by atoms with Gasteiger partial charge in [-0.3, -0.25) is 0 Å². The van der Waals surface area contributed by atoms with Crippen LogP contribution in [-0.4, -0.2) is 0 Å². The van der Waals surface area contributed by atoms with E-state index in [2.05, 4.69) is 32.0 Å². The summed E-state index contributed by atoms with van der Waals surface area (Å²) in [5, 5.41) is 0. The van der Waals surface area contributed by atoms with E-state index in [4.69, 9.17) is 29.0 Å². The molecule has 39 heavy (non-hydrogen) atoms. The molecule has 0 saturated carbocycles. The lowest BCUT2D eigenvalue weighted by Crippen LogP contribution is -2.12. The molecule has 1 aromatic rings. The first-order valence-corrected chi connectivity index (χ1v) is 20.5. The molecule has 0 atom stereocenters. The highest BCUT2D eigenvalue weighted by molar-refractivity contribution is 8.69. The minimum Gasteiger partial charge on any atom is -0.682 e. The van der Waals surface area contributed by atoms with E-state index in [-0.39, 0.29) is 0 Å². The smallest absolute Gasteiger partial charge is 0.174 e. The van der Waals surface area contributed by atoms with Gasteiger partial charge in [-0.1, -0.05) is 173 Å². The minimum absolute atomic E-state index is 0.733. The summed E-state index contributed by atoms with van der Waals surface area (Å²) in [6.07, 6.45) is 30.7. The lowest BCUT2D eigenvalue weighted by molar-refractivity contribution is -0.169. The van der Waals surface area contributed by atoms with Gasteiger partial charge in [0.2, 0.25) is 0 Å². The summed E-state index contributed by atoms with van der Waals surface area (Å²) in [6.45, 7) is 4.56. The second-order valence-corrected chi connectivity index (χ2v) is 16.4. The fraction of sp³-hybridized carbons (Fsp3) is 0.824. The maximum atomic E-state index is 12.2. The predicted octanol–water partition coefficient (Wildman–Crippen LogP) is 11.7. The molecule has 5 heteroatoms. The van der Waals surface area contributed by atoms with Crippen LogP contribution < -0.4 is 9.42 Å². The van der Waals surface area contributed by atoms with E-state index in [1.54, 1.807) is 0 Å². The van der Waals surface area contributed by atoms with Crippen molar-refractivity contribution in [1.82, 2.24) is 0 Å². The third-order valence-electron chi connectivity index (χ3n) is 7.98. The molecule has 0 spiro atoms. The third kappa shape index (κ3) is 22.4. The lowest BCUT2D eigenvalue weighted by atomic mass is 9.98. The molecule has 0 bridgehead atoms. The van der Waals surface area contributed by atoms with Crippen LogP contribution in [0.5, 0.6) is 5.75 Å². The number of aryl methyl sites for hydroxylation is 2. The van der Waals surface area contributed by atoms with Gasteiger partial charge in [0, 0.05) is 0 Å². The summed E-state index contributed by atoms with van der Waals surface area (Å²) in [4.78, 5) is 12.2. The van der Waals surface area contributed by atoms with Crippen LogP contribution in [-0.2, 0) is 37.3 Å². The van der Waals surface area contributed by atoms with E-state index in [1.807, 2.05) is 0 Å². The highest BCUT2D eigenvalue weighted by atomic mass is 33.1. The molecular formula is C34H61O2PS2-2. The van der Waals surface area contributed by atoms with Crippen LogP contribution in [0, 0.1) is 0 Å². The molecule has 1 rings (SSSR count). The van der Waals surface area contributed by atoms with Crippen LogP contribution in [0.25, 0.3) is 0 Å². The molecule has 0 aliphatic rings. The van der Waals surface area contributed by atoms with Crippen molar-refractivity contribution >= 4 is 30.6 Å². The topological polar surface area (TPSA) is 32.3 Å². The summed E-state index contributed by atoms with van der Waals surface area (Å²) < 4.78 is 5.76. The number of rotatable bonds is 28. The van der Waals surface area contributed by atoms with Gasteiger partial charge < -0.3 is 33.9 Å². The van der Waals surface area contributed by atoms with Gasteiger partial charge in [0.1, 0.15) is 0 Å². The maximum Gasteiger partial charge on any atom is 0.174 e. The van der Waals surface area contributed by atoms with Gasteiger partial charge in [-0.15, -0.1) is 6.12 Å². The second-order valence-electron chi connectivity index (χ2n) is 11.7. The Labute approximate surface area is 255 Å². The quantitative estimate of drug-likeness (QED) is 0.0547. The molecule has 228 valence electrons. The third-order valence-corrected chi connectivity index (χ3v) is 8.83. The highest BCUT2D eigenvalue weighted by Gasteiger charge is 2.13. The molecule has 0 amide bonds. The van der Waals surface area contributed by atoms with Gasteiger partial charge in [0.05, 0.1) is 0 Å². The van der Waals surface area contributed by atoms with Crippen molar-refractivity contribution in [3.05, 3.63) is 29.3 Å². The van der Waals surface area contributed by atoms with Crippen LogP contribution in [0.4, 0.5) is 0 Å². The molecule has 1 aromatic carbocycles. The molecule has 0 aliphatic heterocycles. The molecule has 0 fully saturated rings. The molecule has 0 saturated heterocycles. The molecule has 0 aromatic heterocycles. The molecular weight excluding hydrogens is 535 g/mol. The van der Waals surface area contributed by atoms with Crippen LogP contribution in [0.3, 0.4) is 0 Å². The van der Waals surface area contributed by atoms with E-state index in [1.165, 1.54) is 141 Å². The summed E-state index contributed by atoms with van der Waals surface area (Å²) in [5.74, 6) is 0.733. The zero-order valence-corrected chi connectivity index (χ0v) is 28.2. The molecule has 0 N–H and O–H groups in total. The van der Waals surface area contributed by atoms with E-state index in [0.29, 0.717) is 0 Å². The van der Waals surface area contributed by atoms with Gasteiger partial charge >= 0.3 is 0 Å². The lowest BCUT2D eigenvalue weighted by Gasteiger charge is -2.43. The van der Waals surface area contributed by atoms with E-state index < -0.39 is 6.12 Å². The van der Waals surface area contributed by atoms with E-state index >= 15 is 0 Å². The number of hydrogen-bond donors (Lipinski definition) is 0. The average molecular weight is 597 g/mol. The zero-order chi connectivity index (χ0) is 28.4. The molecule has 0 heterocycles. The molecule has 0 radical (unpaired) electrons. The Morgan fingerprint density at radius 3 is 1.08 bits per heavy atom. The predicted molar refractivity (Wildman–Crippen MR) is 178 cm³/mol. The van der Waals surface area contributed by atoms with Crippen molar-refractivity contribution < 1.29 is 9.42 Å². The average Bonchev–Trinajstić information content (AvgIpc) is 2.90. The van der Waals surface area contributed by atoms with Gasteiger partial charge in [-0.2, -0.15) is 0 Å². The number of unbranched alkanes of at least 4 members (excludes halogenated alkanes) is 22. The number of hydrogen-bond acceptors (Lipinski definition) is 4. The summed E-state index contributed by atoms with van der Waals surface area (Å²) in [5.41, 5.74) is 2.27. The Morgan fingerprint density at radius 1 is 0.513 bits per heavy atom. The Bertz CT molecular complexity index is 631. The van der Waals surface area contributed by atoms with Crippen molar-refractivity contribution in [3.63, 3.8) is 0 Å². The monoisotopic (exact) mass is 596 g/mol. The largest absolute Gasteiger partial charge is 0.682 e. The standard InChI is InChI=1S/C34H63O2PS2/c1-3-5-7-9-11-13-15-17-19-21-23-25-28-32-30-27-31-33(34(32)36-37(35,38)39)29-26-24-22-20-18-16-14-12-10-8-6-4-2/h27,30-31H,3-26,28-29H2,1-2H3,(H2,35,38,39)/p-2. The van der Waals surface area contributed by atoms with Crippen molar-refractivity contribution in [2.45, 2.75) is 181 Å². The fourth-order valence-electron chi connectivity index (χ4n) is 5.57. The Morgan fingerprint density at radius 2 is 0.795 bits per heavy atom. The van der Waals surface area contributed by atoms with Gasteiger partial charge in [-0.25, -0.2) is 0 Å². The Hall–Kier alpha value is 0.110. The number of para-hydroxylation sites is 1. The van der Waals surface area contributed by atoms with Crippen LogP contribution in [0.2, 0.25) is 0 Å². The molecule has 0 unspecified atom stereocenters.